The Morgan fingerprint density at radius 3 is 1.81 bits per heavy atom. The summed E-state index contributed by atoms with van der Waals surface area (Å²) in [6, 6.07) is 9.95. The summed E-state index contributed by atoms with van der Waals surface area (Å²) >= 11 is 0. The minimum absolute atomic E-state index is 1.14. The highest BCUT2D eigenvalue weighted by Gasteiger charge is 2.04. The van der Waals surface area contributed by atoms with Crippen molar-refractivity contribution >= 4 is 15.6 Å². The molecule has 2 N–H and O–H groups in total. The van der Waals surface area contributed by atoms with Crippen LogP contribution in [0.2, 0.25) is 0 Å². The summed E-state index contributed by atoms with van der Waals surface area (Å²) < 4.78 is 14.2. The Morgan fingerprint density at radius 1 is 1.00 bits per heavy atom. The van der Waals surface area contributed by atoms with E-state index in [0.29, 0.717) is 0 Å². The van der Waals surface area contributed by atoms with Gasteiger partial charge in [-0.3, -0.25) is 0 Å². The van der Waals surface area contributed by atoms with E-state index in [0.717, 1.165) is 5.56 Å². The van der Waals surface area contributed by atoms with E-state index in [1.54, 1.807) is 21.3 Å². The lowest BCUT2D eigenvalue weighted by Crippen LogP contribution is -2.21. The summed E-state index contributed by atoms with van der Waals surface area (Å²) in [6.07, 6.45) is 3.40. The Bertz CT molecular complexity index is 270. The number of rotatable bonds is 4. The molecule has 0 spiro atoms. The first-order valence-electron chi connectivity index (χ1n) is 4.80. The Labute approximate surface area is 98.6 Å². The van der Waals surface area contributed by atoms with E-state index >= 15 is 0 Å². The molecule has 5 heteroatoms. The third-order valence-corrected chi connectivity index (χ3v) is 2.82. The first-order valence-corrected chi connectivity index (χ1v) is 6.21. The van der Waals surface area contributed by atoms with Crippen LogP contribution in [0.4, 0.5) is 0 Å². The molecule has 0 saturated carbocycles. The average molecular weight is 241 g/mol. The van der Waals surface area contributed by atoms with Crippen LogP contribution in [-0.4, -0.2) is 30.9 Å². The average Bonchev–Trinajstić information content (AvgIpc) is 2.34. The van der Waals surface area contributed by atoms with Gasteiger partial charge in [-0.2, -0.15) is 0 Å². The van der Waals surface area contributed by atoms with Gasteiger partial charge in [0.15, 0.2) is 0 Å². The van der Waals surface area contributed by atoms with Gasteiger partial charge >= 0.3 is 9.53 Å². The van der Waals surface area contributed by atoms with E-state index in [4.69, 9.17) is 19.0 Å². The van der Waals surface area contributed by atoms with Gasteiger partial charge in [-0.15, -0.1) is 0 Å². The van der Waals surface area contributed by atoms with Crippen molar-refractivity contribution in [2.45, 2.75) is 0 Å². The topological polar surface area (TPSA) is 53.7 Å². The highest BCUT2D eigenvalue weighted by atomic mass is 28.3. The van der Waals surface area contributed by atoms with Crippen LogP contribution in [0, 0.1) is 0 Å². The molecule has 0 heterocycles. The quantitative estimate of drug-likeness (QED) is 0.806. The standard InChI is InChI=1S/C8H9N.C3H10O3Si/c9-7-6-8-4-2-1-3-5-8;1-4-7(5-2)6-3/h1-7H,9H2;7H,1-3H3/b7-6+;. The molecule has 0 bridgehead atoms. The largest absolute Gasteiger partial charge is 0.483 e. The van der Waals surface area contributed by atoms with Crippen LogP contribution in [0.3, 0.4) is 0 Å². The Balaban J connectivity index is 0.000000293. The van der Waals surface area contributed by atoms with Gasteiger partial charge in [-0.1, -0.05) is 30.3 Å². The van der Waals surface area contributed by atoms with E-state index in [-0.39, 0.29) is 0 Å². The maximum atomic E-state index is 5.18. The minimum Gasteiger partial charge on any atom is -0.405 e. The Kier molecular flexibility index (Phi) is 9.64. The molecule has 16 heavy (non-hydrogen) atoms. The van der Waals surface area contributed by atoms with Crippen molar-refractivity contribution in [3.8, 4) is 0 Å². The third-order valence-electron chi connectivity index (χ3n) is 1.67. The van der Waals surface area contributed by atoms with E-state index in [2.05, 4.69) is 0 Å². The van der Waals surface area contributed by atoms with Gasteiger partial charge in [0.1, 0.15) is 0 Å². The molecule has 4 nitrogen and oxygen atoms in total. The fourth-order valence-corrected chi connectivity index (χ4v) is 1.54. The summed E-state index contributed by atoms with van der Waals surface area (Å²) in [7, 11) is 3.05. The maximum absolute atomic E-state index is 5.18. The summed E-state index contributed by atoms with van der Waals surface area (Å²) in [6.45, 7) is 0. The molecule has 0 saturated heterocycles. The maximum Gasteiger partial charge on any atom is 0.483 e. The van der Waals surface area contributed by atoms with Crippen molar-refractivity contribution in [2.24, 2.45) is 5.73 Å². The van der Waals surface area contributed by atoms with Crippen LogP contribution in [-0.2, 0) is 13.3 Å². The van der Waals surface area contributed by atoms with Crippen LogP contribution in [0.5, 0.6) is 0 Å². The highest BCUT2D eigenvalue weighted by Crippen LogP contribution is 1.98. The van der Waals surface area contributed by atoms with E-state index in [1.165, 1.54) is 6.20 Å². The summed E-state index contributed by atoms with van der Waals surface area (Å²) in [5.41, 5.74) is 6.32. The predicted molar refractivity (Wildman–Crippen MR) is 67.8 cm³/mol. The zero-order chi connectivity index (χ0) is 12.2. The smallest absolute Gasteiger partial charge is 0.405 e. The molecule has 0 aliphatic carbocycles. The summed E-state index contributed by atoms with van der Waals surface area (Å²) in [5, 5.41) is 0. The first-order chi connectivity index (χ1) is 7.78. The zero-order valence-corrected chi connectivity index (χ0v) is 11.1. The van der Waals surface area contributed by atoms with E-state index in [1.807, 2.05) is 36.4 Å². The van der Waals surface area contributed by atoms with Crippen molar-refractivity contribution < 1.29 is 13.3 Å². The second kappa shape index (κ2) is 10.4. The van der Waals surface area contributed by atoms with Crippen molar-refractivity contribution in [1.82, 2.24) is 0 Å². The summed E-state index contributed by atoms with van der Waals surface area (Å²) in [5.74, 6) is 0. The molecular weight excluding hydrogens is 222 g/mol. The second-order valence-electron chi connectivity index (χ2n) is 2.77. The van der Waals surface area contributed by atoms with Gasteiger partial charge in [0, 0.05) is 21.3 Å². The molecular formula is C11H19NO3Si. The Hall–Kier alpha value is -1.14. The molecule has 0 atom stereocenters. The molecule has 0 radical (unpaired) electrons. The summed E-state index contributed by atoms with van der Waals surface area (Å²) in [4.78, 5) is 0. The van der Waals surface area contributed by atoms with Crippen molar-refractivity contribution in [3.63, 3.8) is 0 Å². The molecule has 0 fully saturated rings. The number of benzene rings is 1. The molecule has 1 aromatic rings. The van der Waals surface area contributed by atoms with Crippen LogP contribution < -0.4 is 5.73 Å². The zero-order valence-electron chi connectivity index (χ0n) is 9.92. The molecule has 90 valence electrons. The second-order valence-corrected chi connectivity index (χ2v) is 4.76. The molecule has 0 amide bonds. The normalized spacial score (nSPS) is 10.2. The fraction of sp³-hybridized carbons (Fsp3) is 0.273. The van der Waals surface area contributed by atoms with E-state index < -0.39 is 9.53 Å². The first kappa shape index (κ1) is 14.9. The number of nitrogens with two attached hydrogens (primary N) is 1. The van der Waals surface area contributed by atoms with Crippen LogP contribution in [0.25, 0.3) is 6.08 Å². The molecule has 0 aromatic heterocycles. The molecule has 1 aromatic carbocycles. The van der Waals surface area contributed by atoms with Crippen LogP contribution in [0.1, 0.15) is 5.56 Å². The van der Waals surface area contributed by atoms with Crippen molar-refractivity contribution in [2.75, 3.05) is 21.3 Å². The fourth-order valence-electron chi connectivity index (χ4n) is 0.964. The molecule has 1 rings (SSSR count). The molecule has 0 aliphatic heterocycles. The Morgan fingerprint density at radius 2 is 1.50 bits per heavy atom. The van der Waals surface area contributed by atoms with Crippen molar-refractivity contribution in [1.29, 1.82) is 0 Å². The van der Waals surface area contributed by atoms with Gasteiger partial charge in [-0.05, 0) is 17.8 Å². The highest BCUT2D eigenvalue weighted by molar-refractivity contribution is 6.36. The molecule has 0 aliphatic rings. The van der Waals surface area contributed by atoms with Gasteiger partial charge in [0.05, 0.1) is 0 Å². The van der Waals surface area contributed by atoms with Gasteiger partial charge < -0.3 is 19.0 Å². The third kappa shape index (κ3) is 7.19. The SMILES string of the molecule is CO[SiH](OC)OC.N/C=C/c1ccccc1. The van der Waals surface area contributed by atoms with Crippen LogP contribution >= 0.6 is 0 Å². The monoisotopic (exact) mass is 241 g/mol. The van der Waals surface area contributed by atoms with E-state index in [9.17, 15) is 0 Å². The van der Waals surface area contributed by atoms with Crippen molar-refractivity contribution in [3.05, 3.63) is 42.1 Å². The lowest BCUT2D eigenvalue weighted by molar-refractivity contribution is 0.163. The van der Waals surface area contributed by atoms with Gasteiger partial charge in [-0.25, -0.2) is 0 Å². The van der Waals surface area contributed by atoms with Gasteiger partial charge in [0.2, 0.25) is 0 Å². The number of hydrogen-bond acceptors (Lipinski definition) is 4. The minimum atomic E-state index is -1.67. The number of hydrogen-bond donors (Lipinski definition) is 1. The lowest BCUT2D eigenvalue weighted by Gasteiger charge is -2.05. The van der Waals surface area contributed by atoms with Crippen LogP contribution in [0.15, 0.2) is 36.5 Å². The lowest BCUT2D eigenvalue weighted by atomic mass is 10.2. The van der Waals surface area contributed by atoms with Gasteiger partial charge in [0.25, 0.3) is 0 Å². The predicted octanol–water partition coefficient (Wildman–Crippen LogP) is 1.26. The molecule has 0 unspecified atom stereocenters.